The van der Waals surface area contributed by atoms with Crippen molar-refractivity contribution in [2.45, 2.75) is 39.5 Å². The predicted molar refractivity (Wildman–Crippen MR) is 102 cm³/mol. The van der Waals surface area contributed by atoms with Crippen LogP contribution in [0.1, 0.15) is 45.6 Å². The molecule has 134 valence electrons. The van der Waals surface area contributed by atoms with Gasteiger partial charge in [0.15, 0.2) is 5.82 Å². The zero-order valence-corrected chi connectivity index (χ0v) is 16.0. The van der Waals surface area contributed by atoms with Gasteiger partial charge in [-0.2, -0.15) is 4.98 Å². The standard InChI is InChI=1S/C20H21N3O2S/c1-12-7-13(2)19(14(3)8-12)23-11-15(9-18(23)24)20-21-17(25-22-20)10-16-5-4-6-26-16/h4-8,15H,9-11H2,1-3H3. The summed E-state index contributed by atoms with van der Waals surface area (Å²) in [6, 6.07) is 8.31. The fourth-order valence-corrected chi connectivity index (χ4v) is 4.46. The SMILES string of the molecule is Cc1cc(C)c(N2CC(c3noc(Cc4cccs4)n3)CC2=O)c(C)c1. The maximum Gasteiger partial charge on any atom is 0.231 e. The van der Waals surface area contributed by atoms with Gasteiger partial charge >= 0.3 is 0 Å². The average molecular weight is 367 g/mol. The van der Waals surface area contributed by atoms with Crippen molar-refractivity contribution in [1.29, 1.82) is 0 Å². The summed E-state index contributed by atoms with van der Waals surface area (Å²) in [5.74, 6) is 1.34. The average Bonchev–Trinajstić information content (AvgIpc) is 3.29. The lowest BCUT2D eigenvalue weighted by Crippen LogP contribution is -2.26. The topological polar surface area (TPSA) is 59.2 Å². The Labute approximate surface area is 156 Å². The van der Waals surface area contributed by atoms with Gasteiger partial charge in [0.2, 0.25) is 11.8 Å². The third-order valence-corrected chi connectivity index (χ3v) is 5.66. The molecule has 1 fully saturated rings. The number of hydrogen-bond donors (Lipinski definition) is 0. The molecule has 1 atom stereocenters. The highest BCUT2D eigenvalue weighted by Crippen LogP contribution is 2.35. The molecule has 1 aliphatic heterocycles. The van der Waals surface area contributed by atoms with Crippen LogP contribution in [0, 0.1) is 20.8 Å². The molecule has 1 unspecified atom stereocenters. The number of nitrogens with zero attached hydrogens (tertiary/aromatic N) is 3. The summed E-state index contributed by atoms with van der Waals surface area (Å²) in [5, 5.41) is 6.17. The molecular weight excluding hydrogens is 346 g/mol. The molecule has 1 saturated heterocycles. The van der Waals surface area contributed by atoms with Crippen LogP contribution >= 0.6 is 11.3 Å². The molecule has 1 aliphatic rings. The van der Waals surface area contributed by atoms with E-state index in [1.165, 1.54) is 10.4 Å². The lowest BCUT2D eigenvalue weighted by Gasteiger charge is -2.22. The van der Waals surface area contributed by atoms with Crippen molar-refractivity contribution in [3.05, 3.63) is 62.9 Å². The normalized spacial score (nSPS) is 17.3. The molecule has 3 heterocycles. The third-order valence-electron chi connectivity index (χ3n) is 4.78. The molecular formula is C20H21N3O2S. The molecule has 0 saturated carbocycles. The molecule has 0 aliphatic carbocycles. The molecule has 0 radical (unpaired) electrons. The lowest BCUT2D eigenvalue weighted by atomic mass is 10.0. The molecule has 26 heavy (non-hydrogen) atoms. The number of thiophene rings is 1. The van der Waals surface area contributed by atoms with Crippen LogP contribution in [0.25, 0.3) is 0 Å². The van der Waals surface area contributed by atoms with Crippen LogP contribution in [-0.2, 0) is 11.2 Å². The minimum absolute atomic E-state index is 0.0246. The highest BCUT2D eigenvalue weighted by atomic mass is 32.1. The summed E-state index contributed by atoms with van der Waals surface area (Å²) >= 11 is 1.67. The van der Waals surface area contributed by atoms with Gasteiger partial charge < -0.3 is 9.42 Å². The monoisotopic (exact) mass is 367 g/mol. The van der Waals surface area contributed by atoms with Gasteiger partial charge in [0.25, 0.3) is 0 Å². The lowest BCUT2D eigenvalue weighted by molar-refractivity contribution is -0.117. The third kappa shape index (κ3) is 3.17. The zero-order valence-electron chi connectivity index (χ0n) is 15.2. The van der Waals surface area contributed by atoms with Gasteiger partial charge in [-0.25, -0.2) is 0 Å². The minimum atomic E-state index is -0.0246. The van der Waals surface area contributed by atoms with Crippen LogP contribution in [-0.4, -0.2) is 22.6 Å². The van der Waals surface area contributed by atoms with Crippen LogP contribution in [0.2, 0.25) is 0 Å². The predicted octanol–water partition coefficient (Wildman–Crippen LogP) is 4.17. The summed E-state index contributed by atoms with van der Waals surface area (Å²) in [6.45, 7) is 6.79. The molecule has 3 aromatic rings. The smallest absolute Gasteiger partial charge is 0.231 e. The first-order chi connectivity index (χ1) is 12.5. The molecule has 1 aromatic carbocycles. The number of benzene rings is 1. The van der Waals surface area contributed by atoms with E-state index in [-0.39, 0.29) is 11.8 Å². The largest absolute Gasteiger partial charge is 0.339 e. The van der Waals surface area contributed by atoms with Crippen molar-refractivity contribution in [3.8, 4) is 0 Å². The summed E-state index contributed by atoms with van der Waals surface area (Å²) in [7, 11) is 0. The van der Waals surface area contributed by atoms with Gasteiger partial charge in [-0.05, 0) is 43.3 Å². The number of amides is 1. The van der Waals surface area contributed by atoms with E-state index in [1.807, 2.05) is 16.3 Å². The van der Waals surface area contributed by atoms with Gasteiger partial charge in [0.1, 0.15) is 0 Å². The quantitative estimate of drug-likeness (QED) is 0.694. The van der Waals surface area contributed by atoms with Crippen LogP contribution < -0.4 is 4.90 Å². The molecule has 6 heteroatoms. The van der Waals surface area contributed by atoms with Crippen molar-refractivity contribution in [3.63, 3.8) is 0 Å². The second kappa shape index (κ2) is 6.68. The molecule has 5 nitrogen and oxygen atoms in total. The van der Waals surface area contributed by atoms with E-state index >= 15 is 0 Å². The van der Waals surface area contributed by atoms with E-state index in [9.17, 15) is 4.79 Å². The second-order valence-corrected chi connectivity index (χ2v) is 7.99. The number of aromatic nitrogens is 2. The second-order valence-electron chi connectivity index (χ2n) is 6.96. The molecule has 4 rings (SSSR count). The van der Waals surface area contributed by atoms with Gasteiger partial charge in [0.05, 0.1) is 6.42 Å². The van der Waals surface area contributed by atoms with Crippen molar-refractivity contribution in [1.82, 2.24) is 10.1 Å². The van der Waals surface area contributed by atoms with Gasteiger partial charge in [0, 0.05) is 29.4 Å². The first-order valence-corrected chi connectivity index (χ1v) is 9.62. The van der Waals surface area contributed by atoms with Gasteiger partial charge in [-0.3, -0.25) is 4.79 Å². The minimum Gasteiger partial charge on any atom is -0.339 e. The van der Waals surface area contributed by atoms with E-state index in [2.05, 4.69) is 49.1 Å². The van der Waals surface area contributed by atoms with E-state index in [4.69, 9.17) is 4.52 Å². The van der Waals surface area contributed by atoms with Crippen LogP contribution in [0.3, 0.4) is 0 Å². The highest BCUT2D eigenvalue weighted by molar-refractivity contribution is 7.09. The Morgan fingerprint density at radius 3 is 2.73 bits per heavy atom. The number of hydrogen-bond acceptors (Lipinski definition) is 5. The van der Waals surface area contributed by atoms with E-state index in [0.29, 0.717) is 31.1 Å². The Bertz CT molecular complexity index is 923. The molecule has 2 aromatic heterocycles. The summed E-state index contributed by atoms with van der Waals surface area (Å²) in [6.07, 6.45) is 1.07. The number of aryl methyl sites for hydroxylation is 3. The van der Waals surface area contributed by atoms with Crippen LogP contribution in [0.15, 0.2) is 34.2 Å². The van der Waals surface area contributed by atoms with Crippen molar-refractivity contribution >= 4 is 22.9 Å². The fourth-order valence-electron chi connectivity index (χ4n) is 3.76. The van der Waals surface area contributed by atoms with Gasteiger partial charge in [-0.1, -0.05) is 28.9 Å². The number of rotatable bonds is 4. The summed E-state index contributed by atoms with van der Waals surface area (Å²) < 4.78 is 5.41. The molecule has 0 N–H and O–H groups in total. The molecule has 0 bridgehead atoms. The Hall–Kier alpha value is -2.47. The molecule has 0 spiro atoms. The number of anilines is 1. The Balaban J connectivity index is 1.54. The summed E-state index contributed by atoms with van der Waals surface area (Å²) in [4.78, 5) is 20.3. The maximum absolute atomic E-state index is 12.7. The van der Waals surface area contributed by atoms with Gasteiger partial charge in [-0.15, -0.1) is 11.3 Å². The first kappa shape index (κ1) is 17.0. The first-order valence-electron chi connectivity index (χ1n) is 8.74. The van der Waals surface area contributed by atoms with Crippen molar-refractivity contribution < 1.29 is 9.32 Å². The van der Waals surface area contributed by atoms with E-state index < -0.39 is 0 Å². The van der Waals surface area contributed by atoms with Crippen molar-refractivity contribution in [2.75, 3.05) is 11.4 Å². The summed E-state index contributed by atoms with van der Waals surface area (Å²) in [5.41, 5.74) is 4.49. The Kier molecular flexibility index (Phi) is 4.36. The highest BCUT2D eigenvalue weighted by Gasteiger charge is 2.35. The zero-order chi connectivity index (χ0) is 18.3. The van der Waals surface area contributed by atoms with E-state index in [0.717, 1.165) is 16.8 Å². The number of carbonyl (C=O) groups excluding carboxylic acids is 1. The molecule has 1 amide bonds. The van der Waals surface area contributed by atoms with Crippen molar-refractivity contribution in [2.24, 2.45) is 0 Å². The fraction of sp³-hybridized carbons (Fsp3) is 0.350. The maximum atomic E-state index is 12.7. The van der Waals surface area contributed by atoms with Crippen LogP contribution in [0.4, 0.5) is 5.69 Å². The number of carbonyl (C=O) groups is 1. The Morgan fingerprint density at radius 2 is 2.04 bits per heavy atom. The Morgan fingerprint density at radius 1 is 1.27 bits per heavy atom. The van der Waals surface area contributed by atoms with Crippen LogP contribution in [0.5, 0.6) is 0 Å². The van der Waals surface area contributed by atoms with E-state index in [1.54, 1.807) is 11.3 Å².